The molecule has 132 valence electrons. The van der Waals surface area contributed by atoms with Crippen molar-refractivity contribution in [1.29, 1.82) is 0 Å². The summed E-state index contributed by atoms with van der Waals surface area (Å²) in [6.45, 7) is 5.15. The van der Waals surface area contributed by atoms with Gasteiger partial charge in [0.25, 0.3) is 0 Å². The van der Waals surface area contributed by atoms with Crippen LogP contribution in [0.5, 0.6) is 0 Å². The van der Waals surface area contributed by atoms with E-state index in [1.807, 2.05) is 6.07 Å². The Labute approximate surface area is 151 Å². The van der Waals surface area contributed by atoms with Crippen LogP contribution in [0.1, 0.15) is 25.3 Å². The van der Waals surface area contributed by atoms with Crippen LogP contribution in [0.15, 0.2) is 21.5 Å². The largest absolute Gasteiger partial charge is 0.311 e. The molecule has 1 amide bonds. The zero-order valence-electron chi connectivity index (χ0n) is 13.7. The maximum absolute atomic E-state index is 12.8. The van der Waals surface area contributed by atoms with Gasteiger partial charge in [0.1, 0.15) is 4.90 Å². The second-order valence-corrected chi connectivity index (χ2v) is 8.93. The number of fused-ring (bicyclic) bond motifs is 1. The summed E-state index contributed by atoms with van der Waals surface area (Å²) in [6, 6.07) is 3.47. The van der Waals surface area contributed by atoms with E-state index in [2.05, 4.69) is 25.6 Å². The van der Waals surface area contributed by atoms with Gasteiger partial charge in [0.15, 0.2) is 0 Å². The number of halogens is 1. The summed E-state index contributed by atoms with van der Waals surface area (Å²) >= 11 is 3.38. The highest BCUT2D eigenvalue weighted by atomic mass is 79.9. The zero-order chi connectivity index (χ0) is 17.3. The molecule has 2 heterocycles. The molecule has 8 heteroatoms. The number of carbonyl (C=O) groups is 1. The van der Waals surface area contributed by atoms with Gasteiger partial charge in [-0.05, 0) is 50.0 Å². The summed E-state index contributed by atoms with van der Waals surface area (Å²) in [5.41, 5.74) is 1.42. The van der Waals surface area contributed by atoms with E-state index in [0.717, 1.165) is 18.7 Å². The quantitative estimate of drug-likeness (QED) is 0.794. The first kappa shape index (κ1) is 17.8. The van der Waals surface area contributed by atoms with Crippen LogP contribution in [-0.4, -0.2) is 51.9 Å². The molecule has 0 saturated carbocycles. The first-order valence-electron chi connectivity index (χ1n) is 8.21. The molecule has 1 fully saturated rings. The summed E-state index contributed by atoms with van der Waals surface area (Å²) < 4.78 is 29.0. The summed E-state index contributed by atoms with van der Waals surface area (Å²) in [5, 5.41) is 0. The first-order valence-corrected chi connectivity index (χ1v) is 10.5. The van der Waals surface area contributed by atoms with Crippen LogP contribution in [0.4, 0.5) is 5.69 Å². The maximum Gasteiger partial charge on any atom is 0.242 e. The second kappa shape index (κ2) is 7.11. The summed E-state index contributed by atoms with van der Waals surface area (Å²) in [5.74, 6) is -0.135. The van der Waals surface area contributed by atoms with Crippen molar-refractivity contribution in [2.24, 2.45) is 0 Å². The molecule has 2 aliphatic rings. The second-order valence-electron chi connectivity index (χ2n) is 6.28. The topological polar surface area (TPSA) is 69.7 Å². The van der Waals surface area contributed by atoms with Crippen LogP contribution in [0.3, 0.4) is 0 Å². The number of hydrogen-bond donors (Lipinski definition) is 1. The SMILES string of the molecule is CC(=O)N1CCc2cc(Br)cc(S(=O)(=O)NCCN3CCCC3)c21. The van der Waals surface area contributed by atoms with Gasteiger partial charge < -0.3 is 9.80 Å². The zero-order valence-corrected chi connectivity index (χ0v) is 16.1. The maximum atomic E-state index is 12.8. The normalized spacial score (nSPS) is 18.2. The summed E-state index contributed by atoms with van der Waals surface area (Å²) in [6.07, 6.45) is 3.03. The fourth-order valence-corrected chi connectivity index (χ4v) is 5.36. The van der Waals surface area contributed by atoms with E-state index in [1.165, 1.54) is 19.8 Å². The number of benzene rings is 1. The molecular weight excluding hydrogens is 394 g/mol. The predicted octanol–water partition coefficient (Wildman–Crippen LogP) is 1.73. The van der Waals surface area contributed by atoms with E-state index < -0.39 is 10.0 Å². The molecule has 1 aromatic carbocycles. The van der Waals surface area contributed by atoms with Gasteiger partial charge in [-0.15, -0.1) is 0 Å². The lowest BCUT2D eigenvalue weighted by molar-refractivity contribution is -0.116. The number of nitrogens with zero attached hydrogens (tertiary/aromatic N) is 2. The Bertz CT molecular complexity index is 745. The number of anilines is 1. The molecule has 0 bridgehead atoms. The Balaban J connectivity index is 1.83. The highest BCUT2D eigenvalue weighted by Crippen LogP contribution is 2.37. The number of likely N-dealkylation sites (tertiary alicyclic amines) is 1. The van der Waals surface area contributed by atoms with Crippen molar-refractivity contribution in [2.45, 2.75) is 31.1 Å². The van der Waals surface area contributed by atoms with E-state index in [0.29, 0.717) is 36.2 Å². The van der Waals surface area contributed by atoms with Gasteiger partial charge in [-0.25, -0.2) is 13.1 Å². The monoisotopic (exact) mass is 415 g/mol. The molecular formula is C16H22BrN3O3S. The molecule has 1 N–H and O–H groups in total. The lowest BCUT2D eigenvalue weighted by Gasteiger charge is -2.20. The predicted molar refractivity (Wildman–Crippen MR) is 96.7 cm³/mol. The summed E-state index contributed by atoms with van der Waals surface area (Å²) in [7, 11) is -3.67. The third kappa shape index (κ3) is 3.66. The molecule has 1 saturated heterocycles. The van der Waals surface area contributed by atoms with Crippen LogP contribution >= 0.6 is 15.9 Å². The smallest absolute Gasteiger partial charge is 0.242 e. The van der Waals surface area contributed by atoms with Crippen molar-refractivity contribution >= 4 is 37.5 Å². The molecule has 0 aliphatic carbocycles. The number of sulfonamides is 1. The molecule has 0 unspecified atom stereocenters. The Morgan fingerprint density at radius 2 is 1.96 bits per heavy atom. The molecule has 0 spiro atoms. The molecule has 24 heavy (non-hydrogen) atoms. The van der Waals surface area contributed by atoms with Crippen molar-refractivity contribution < 1.29 is 13.2 Å². The molecule has 0 aromatic heterocycles. The van der Waals surface area contributed by atoms with Crippen LogP contribution in [0.25, 0.3) is 0 Å². The number of hydrogen-bond acceptors (Lipinski definition) is 4. The van der Waals surface area contributed by atoms with E-state index in [-0.39, 0.29) is 10.8 Å². The van der Waals surface area contributed by atoms with Gasteiger partial charge in [-0.1, -0.05) is 15.9 Å². The van der Waals surface area contributed by atoms with Crippen LogP contribution in [0.2, 0.25) is 0 Å². The Hall–Kier alpha value is -0.960. The molecule has 6 nitrogen and oxygen atoms in total. The van der Waals surface area contributed by atoms with Crippen molar-refractivity contribution in [2.75, 3.05) is 37.6 Å². The third-order valence-corrected chi connectivity index (χ3v) is 6.51. The molecule has 2 aliphatic heterocycles. The van der Waals surface area contributed by atoms with Gasteiger partial charge in [0, 0.05) is 31.0 Å². The average Bonchev–Trinajstić information content (AvgIpc) is 3.15. The van der Waals surface area contributed by atoms with Crippen LogP contribution in [0, 0.1) is 0 Å². The van der Waals surface area contributed by atoms with Crippen LogP contribution < -0.4 is 9.62 Å². The highest BCUT2D eigenvalue weighted by molar-refractivity contribution is 9.10. The lowest BCUT2D eigenvalue weighted by Crippen LogP contribution is -2.34. The van der Waals surface area contributed by atoms with Crippen molar-refractivity contribution in [3.05, 3.63) is 22.2 Å². The minimum absolute atomic E-state index is 0.135. The molecule has 0 atom stereocenters. The number of rotatable bonds is 5. The summed E-state index contributed by atoms with van der Waals surface area (Å²) in [4.78, 5) is 15.8. The highest BCUT2D eigenvalue weighted by Gasteiger charge is 2.31. The third-order valence-electron chi connectivity index (χ3n) is 4.58. The number of nitrogens with one attached hydrogen (secondary N) is 1. The van der Waals surface area contributed by atoms with E-state index in [9.17, 15) is 13.2 Å². The van der Waals surface area contributed by atoms with E-state index in [4.69, 9.17) is 0 Å². The molecule has 3 rings (SSSR count). The van der Waals surface area contributed by atoms with Gasteiger partial charge in [0.2, 0.25) is 15.9 Å². The Morgan fingerprint density at radius 3 is 2.62 bits per heavy atom. The minimum atomic E-state index is -3.67. The first-order chi connectivity index (χ1) is 11.4. The van der Waals surface area contributed by atoms with Gasteiger partial charge in [-0.2, -0.15) is 0 Å². The average molecular weight is 416 g/mol. The van der Waals surface area contributed by atoms with E-state index in [1.54, 1.807) is 11.0 Å². The van der Waals surface area contributed by atoms with Crippen LogP contribution in [-0.2, 0) is 21.2 Å². The van der Waals surface area contributed by atoms with Gasteiger partial charge in [-0.3, -0.25) is 4.79 Å². The minimum Gasteiger partial charge on any atom is -0.311 e. The van der Waals surface area contributed by atoms with Gasteiger partial charge >= 0.3 is 0 Å². The number of carbonyl (C=O) groups excluding carboxylic acids is 1. The van der Waals surface area contributed by atoms with Gasteiger partial charge in [0.05, 0.1) is 5.69 Å². The van der Waals surface area contributed by atoms with E-state index >= 15 is 0 Å². The lowest BCUT2D eigenvalue weighted by atomic mass is 10.2. The molecule has 0 radical (unpaired) electrons. The van der Waals surface area contributed by atoms with Crippen molar-refractivity contribution in [1.82, 2.24) is 9.62 Å². The fourth-order valence-electron chi connectivity index (χ4n) is 3.41. The standard InChI is InChI=1S/C16H22BrN3O3S/c1-12(21)20-8-4-13-10-14(17)11-15(16(13)20)24(22,23)18-5-9-19-6-2-3-7-19/h10-11,18H,2-9H2,1H3. The van der Waals surface area contributed by atoms with Crippen molar-refractivity contribution in [3.8, 4) is 0 Å². The fraction of sp³-hybridized carbons (Fsp3) is 0.562. The number of amides is 1. The Morgan fingerprint density at radius 1 is 1.25 bits per heavy atom. The Kier molecular flexibility index (Phi) is 5.29. The van der Waals surface area contributed by atoms with Crippen molar-refractivity contribution in [3.63, 3.8) is 0 Å². The molecule has 1 aromatic rings.